The fraction of sp³-hybridized carbons (Fsp3) is 0.263. The predicted molar refractivity (Wildman–Crippen MR) is 96.6 cm³/mol. The first-order chi connectivity index (χ1) is 12.6. The quantitative estimate of drug-likeness (QED) is 0.712. The number of rotatable bonds is 4. The molecule has 8 heteroatoms. The molecule has 1 fully saturated rings. The van der Waals surface area contributed by atoms with Gasteiger partial charge < -0.3 is 10.6 Å². The minimum atomic E-state index is -4.51. The molecule has 0 spiro atoms. The molecular weight excluding hydrogens is 381 g/mol. The van der Waals surface area contributed by atoms with E-state index in [0.29, 0.717) is 23.6 Å². The fourth-order valence-corrected chi connectivity index (χ4v) is 2.81. The second kappa shape index (κ2) is 6.88. The molecule has 0 heterocycles. The molecule has 1 aliphatic carbocycles. The van der Waals surface area contributed by atoms with Crippen LogP contribution in [-0.2, 0) is 15.8 Å². The van der Waals surface area contributed by atoms with Crippen molar-refractivity contribution in [2.75, 3.05) is 10.6 Å². The third kappa shape index (κ3) is 4.08. The van der Waals surface area contributed by atoms with E-state index in [1.807, 2.05) is 6.92 Å². The topological polar surface area (TPSA) is 58.2 Å². The molecule has 1 saturated carbocycles. The lowest BCUT2D eigenvalue weighted by atomic mass is 10.0. The molecule has 2 aromatic rings. The number of hydrogen-bond acceptors (Lipinski definition) is 2. The summed E-state index contributed by atoms with van der Waals surface area (Å²) in [5.41, 5.74) is -0.867. The molecule has 2 amide bonds. The molecule has 0 aromatic heterocycles. The van der Waals surface area contributed by atoms with Gasteiger partial charge in [0, 0.05) is 16.4 Å². The van der Waals surface area contributed by atoms with Gasteiger partial charge in [0.2, 0.25) is 11.8 Å². The summed E-state index contributed by atoms with van der Waals surface area (Å²) < 4.78 is 38.4. The van der Waals surface area contributed by atoms with Crippen LogP contribution in [0.2, 0.25) is 5.02 Å². The van der Waals surface area contributed by atoms with Crippen molar-refractivity contribution in [3.63, 3.8) is 0 Å². The van der Waals surface area contributed by atoms with Crippen LogP contribution < -0.4 is 10.6 Å². The molecule has 1 aliphatic rings. The number of carbonyl (C=O) groups is 2. The van der Waals surface area contributed by atoms with Crippen LogP contribution in [0.5, 0.6) is 0 Å². The monoisotopic (exact) mass is 396 g/mol. The summed E-state index contributed by atoms with van der Waals surface area (Å²) in [6, 6.07) is 9.28. The second-order valence-corrected chi connectivity index (χ2v) is 6.94. The Labute approximate surface area is 158 Å². The molecule has 142 valence electrons. The lowest BCUT2D eigenvalue weighted by molar-refractivity contribution is -0.137. The Bertz CT molecular complexity index is 908. The van der Waals surface area contributed by atoms with Crippen molar-refractivity contribution >= 4 is 34.8 Å². The van der Waals surface area contributed by atoms with Crippen molar-refractivity contribution in [2.45, 2.75) is 25.9 Å². The maximum atomic E-state index is 12.8. The highest BCUT2D eigenvalue weighted by Crippen LogP contribution is 2.47. The third-order valence-electron chi connectivity index (χ3n) is 4.50. The number of aryl methyl sites for hydroxylation is 1. The van der Waals surface area contributed by atoms with E-state index in [9.17, 15) is 22.8 Å². The van der Waals surface area contributed by atoms with Gasteiger partial charge in [0.1, 0.15) is 5.41 Å². The summed E-state index contributed by atoms with van der Waals surface area (Å²) in [5.74, 6) is -1.13. The summed E-state index contributed by atoms with van der Waals surface area (Å²) >= 11 is 6.03. The normalized spacial score (nSPS) is 15.1. The molecule has 4 nitrogen and oxygen atoms in total. The van der Waals surface area contributed by atoms with E-state index in [-0.39, 0.29) is 5.69 Å². The van der Waals surface area contributed by atoms with Crippen molar-refractivity contribution in [1.29, 1.82) is 0 Å². The number of hydrogen-bond donors (Lipinski definition) is 2. The van der Waals surface area contributed by atoms with Gasteiger partial charge in [0.15, 0.2) is 0 Å². The Morgan fingerprint density at radius 2 is 1.59 bits per heavy atom. The lowest BCUT2D eigenvalue weighted by Crippen LogP contribution is -2.35. The molecular formula is C19H16ClF3N2O2. The van der Waals surface area contributed by atoms with Crippen molar-refractivity contribution in [1.82, 2.24) is 0 Å². The molecule has 27 heavy (non-hydrogen) atoms. The minimum absolute atomic E-state index is 0.00715. The van der Waals surface area contributed by atoms with Crippen molar-refractivity contribution in [2.24, 2.45) is 5.41 Å². The van der Waals surface area contributed by atoms with Crippen molar-refractivity contribution in [3.8, 4) is 0 Å². The van der Waals surface area contributed by atoms with Gasteiger partial charge in [0.05, 0.1) is 5.56 Å². The third-order valence-corrected chi connectivity index (χ3v) is 4.90. The summed E-state index contributed by atoms with van der Waals surface area (Å²) in [5, 5.41) is 5.55. The minimum Gasteiger partial charge on any atom is -0.325 e. The Balaban J connectivity index is 1.72. The molecule has 2 aromatic carbocycles. The van der Waals surface area contributed by atoms with E-state index in [1.54, 1.807) is 18.2 Å². The highest BCUT2D eigenvalue weighted by Gasteiger charge is 2.56. The zero-order chi connectivity index (χ0) is 19.8. The number of carbonyl (C=O) groups excluding carboxylic acids is 2. The van der Waals surface area contributed by atoms with Crippen LogP contribution in [0.25, 0.3) is 0 Å². The van der Waals surface area contributed by atoms with E-state index in [1.165, 1.54) is 12.1 Å². The number of nitrogens with one attached hydrogen (secondary N) is 2. The molecule has 0 atom stereocenters. The van der Waals surface area contributed by atoms with E-state index < -0.39 is 29.0 Å². The van der Waals surface area contributed by atoms with Gasteiger partial charge in [-0.15, -0.1) is 0 Å². The smallest absolute Gasteiger partial charge is 0.325 e. The van der Waals surface area contributed by atoms with Gasteiger partial charge >= 0.3 is 6.18 Å². The maximum absolute atomic E-state index is 12.8. The highest BCUT2D eigenvalue weighted by atomic mass is 35.5. The van der Waals surface area contributed by atoms with Crippen molar-refractivity contribution in [3.05, 3.63) is 58.6 Å². The molecule has 0 saturated heterocycles. The average molecular weight is 397 g/mol. The first kappa shape index (κ1) is 19.2. The summed E-state index contributed by atoms with van der Waals surface area (Å²) in [6.45, 7) is 1.82. The van der Waals surface area contributed by atoms with Crippen LogP contribution in [0.1, 0.15) is 24.0 Å². The zero-order valence-electron chi connectivity index (χ0n) is 14.3. The molecule has 3 rings (SSSR count). The van der Waals surface area contributed by atoms with E-state index in [0.717, 1.165) is 17.7 Å². The SMILES string of the molecule is Cc1ccc(NC(=O)C2(C(=O)Nc3cccc(C(F)(F)F)c3)CC2)cc1Cl. The van der Waals surface area contributed by atoms with Gasteiger partial charge in [-0.2, -0.15) is 13.2 Å². The van der Waals surface area contributed by atoms with Crippen LogP contribution in [0.15, 0.2) is 42.5 Å². The Hall–Kier alpha value is -2.54. The Morgan fingerprint density at radius 1 is 1.00 bits per heavy atom. The molecule has 0 unspecified atom stereocenters. The fourth-order valence-electron chi connectivity index (χ4n) is 2.63. The number of amides is 2. The number of benzene rings is 2. The summed E-state index contributed by atoms with van der Waals surface area (Å²) in [7, 11) is 0. The first-order valence-corrected chi connectivity index (χ1v) is 8.56. The van der Waals surface area contributed by atoms with Crippen molar-refractivity contribution < 1.29 is 22.8 Å². The zero-order valence-corrected chi connectivity index (χ0v) is 15.0. The van der Waals surface area contributed by atoms with E-state index in [4.69, 9.17) is 11.6 Å². The van der Waals surface area contributed by atoms with Crippen LogP contribution >= 0.6 is 11.6 Å². The van der Waals surface area contributed by atoms with Gasteiger partial charge in [0.25, 0.3) is 0 Å². The van der Waals surface area contributed by atoms with E-state index >= 15 is 0 Å². The summed E-state index contributed by atoms with van der Waals surface area (Å²) in [4.78, 5) is 25.1. The Morgan fingerprint density at radius 3 is 2.11 bits per heavy atom. The number of anilines is 2. The molecule has 0 aliphatic heterocycles. The first-order valence-electron chi connectivity index (χ1n) is 8.18. The lowest BCUT2D eigenvalue weighted by Gasteiger charge is -2.16. The largest absolute Gasteiger partial charge is 0.416 e. The van der Waals surface area contributed by atoms with Crippen LogP contribution in [0, 0.1) is 12.3 Å². The van der Waals surface area contributed by atoms with Gasteiger partial charge in [-0.25, -0.2) is 0 Å². The standard InChI is InChI=1S/C19H16ClF3N2O2/c1-11-5-6-14(10-15(11)20)25-17(27)18(7-8-18)16(26)24-13-4-2-3-12(9-13)19(21,22)23/h2-6,9-10H,7-8H2,1H3,(H,24,26)(H,25,27). The van der Waals surface area contributed by atoms with Crippen LogP contribution in [-0.4, -0.2) is 11.8 Å². The van der Waals surface area contributed by atoms with Gasteiger partial charge in [-0.3, -0.25) is 9.59 Å². The Kier molecular flexibility index (Phi) is 4.90. The summed E-state index contributed by atoms with van der Waals surface area (Å²) in [6.07, 6.45) is -3.87. The molecule has 0 bridgehead atoms. The predicted octanol–water partition coefficient (Wildman–Crippen LogP) is 5.02. The number of alkyl halides is 3. The highest BCUT2D eigenvalue weighted by molar-refractivity contribution is 6.31. The maximum Gasteiger partial charge on any atom is 0.416 e. The molecule has 0 radical (unpaired) electrons. The van der Waals surface area contributed by atoms with Crippen LogP contribution in [0.3, 0.4) is 0 Å². The second-order valence-electron chi connectivity index (χ2n) is 6.53. The van der Waals surface area contributed by atoms with E-state index in [2.05, 4.69) is 10.6 Å². The molecule has 2 N–H and O–H groups in total. The van der Waals surface area contributed by atoms with Gasteiger partial charge in [-0.1, -0.05) is 23.7 Å². The van der Waals surface area contributed by atoms with Crippen LogP contribution in [0.4, 0.5) is 24.5 Å². The van der Waals surface area contributed by atoms with Gasteiger partial charge in [-0.05, 0) is 55.7 Å². The number of halogens is 4. The average Bonchev–Trinajstić information content (AvgIpc) is 3.40.